The molecule has 0 spiro atoms. The Balaban J connectivity index is 3.65. The van der Waals surface area contributed by atoms with Crippen LogP contribution in [0.25, 0.3) is 0 Å². The lowest BCUT2D eigenvalue weighted by Crippen LogP contribution is -2.50. The first-order valence-electron chi connectivity index (χ1n) is 20.5. The van der Waals surface area contributed by atoms with E-state index in [-0.39, 0.29) is 12.5 Å². The number of hydrogen-bond acceptors (Lipinski definition) is 4. The van der Waals surface area contributed by atoms with Gasteiger partial charge >= 0.3 is 0 Å². The Morgan fingerprint density at radius 3 is 1.26 bits per heavy atom. The second-order valence-corrected chi connectivity index (χ2v) is 14.2. The molecule has 0 fully saturated rings. The van der Waals surface area contributed by atoms with Crippen LogP contribution in [0.3, 0.4) is 0 Å². The van der Waals surface area contributed by atoms with Gasteiger partial charge < -0.3 is 20.6 Å². The van der Waals surface area contributed by atoms with Crippen molar-refractivity contribution in [1.29, 1.82) is 0 Å². The van der Waals surface area contributed by atoms with Crippen molar-refractivity contribution in [1.82, 2.24) is 5.32 Å². The highest BCUT2D eigenvalue weighted by Gasteiger charge is 2.26. The third-order valence-electron chi connectivity index (χ3n) is 9.62. The zero-order chi connectivity index (χ0) is 33.8. The molecule has 4 N–H and O–H groups in total. The molecule has 5 heteroatoms. The molecule has 1 amide bonds. The molecule has 46 heavy (non-hydrogen) atoms. The number of hydrogen-bond donors (Lipinski definition) is 4. The molecular weight excluding hydrogens is 570 g/mol. The quantitative estimate of drug-likeness (QED) is 0.0397. The summed E-state index contributed by atoms with van der Waals surface area (Å²) in [4.78, 5) is 12.4. The van der Waals surface area contributed by atoms with E-state index >= 15 is 0 Å². The van der Waals surface area contributed by atoms with Gasteiger partial charge in [0.25, 0.3) is 0 Å². The standard InChI is InChI=1S/C41H81NO4/c1-3-5-7-9-11-13-15-17-19-21-23-25-27-29-31-33-35-39(44)41(46)38(37-43)42-40(45)36-34-32-30-28-26-24-22-20-18-16-14-12-10-8-6-4-2/h20,22,38-39,41,43-44,46H,3-19,21,23-37H2,1-2H3,(H,42,45)/b22-20-. The van der Waals surface area contributed by atoms with Crippen molar-refractivity contribution in [3.05, 3.63) is 12.2 Å². The van der Waals surface area contributed by atoms with E-state index in [0.717, 1.165) is 44.9 Å². The number of rotatable bonds is 37. The zero-order valence-electron chi connectivity index (χ0n) is 31.0. The van der Waals surface area contributed by atoms with Gasteiger partial charge in [-0.15, -0.1) is 0 Å². The first-order valence-corrected chi connectivity index (χ1v) is 20.5. The highest BCUT2D eigenvalue weighted by atomic mass is 16.3. The van der Waals surface area contributed by atoms with Gasteiger partial charge in [-0.3, -0.25) is 4.79 Å². The smallest absolute Gasteiger partial charge is 0.220 e. The largest absolute Gasteiger partial charge is 0.394 e. The molecule has 0 aromatic carbocycles. The van der Waals surface area contributed by atoms with Crippen molar-refractivity contribution in [3.63, 3.8) is 0 Å². The van der Waals surface area contributed by atoms with Gasteiger partial charge in [0.15, 0.2) is 0 Å². The summed E-state index contributed by atoms with van der Waals surface area (Å²) < 4.78 is 0. The van der Waals surface area contributed by atoms with Gasteiger partial charge in [-0.1, -0.05) is 187 Å². The lowest BCUT2D eigenvalue weighted by Gasteiger charge is -2.26. The number of allylic oxidation sites excluding steroid dienone is 2. The molecule has 274 valence electrons. The van der Waals surface area contributed by atoms with E-state index in [0.29, 0.717) is 12.8 Å². The minimum absolute atomic E-state index is 0.152. The number of aliphatic hydroxyl groups excluding tert-OH is 3. The van der Waals surface area contributed by atoms with Crippen molar-refractivity contribution in [2.45, 2.75) is 238 Å². The molecule has 0 bridgehead atoms. The molecular formula is C41H81NO4. The number of amides is 1. The molecule has 0 aliphatic rings. The Labute approximate surface area is 287 Å². The molecule has 0 heterocycles. The third kappa shape index (κ3) is 31.7. The Bertz CT molecular complexity index is 640. The average Bonchev–Trinajstić information content (AvgIpc) is 3.06. The summed E-state index contributed by atoms with van der Waals surface area (Å²) in [7, 11) is 0. The van der Waals surface area contributed by atoms with E-state index in [1.165, 1.54) is 148 Å². The Morgan fingerprint density at radius 1 is 0.522 bits per heavy atom. The predicted octanol–water partition coefficient (Wildman–Crippen LogP) is 11.3. The highest BCUT2D eigenvalue weighted by molar-refractivity contribution is 5.76. The second-order valence-electron chi connectivity index (χ2n) is 14.2. The zero-order valence-corrected chi connectivity index (χ0v) is 31.0. The van der Waals surface area contributed by atoms with E-state index in [1.807, 2.05) is 0 Å². The number of unbranched alkanes of at least 4 members (excludes halogenated alkanes) is 27. The van der Waals surface area contributed by atoms with Crippen LogP contribution in [0.2, 0.25) is 0 Å². The lowest BCUT2D eigenvalue weighted by molar-refractivity contribution is -0.124. The SMILES string of the molecule is CCCCCCCCC/C=C\CCCCCCCC(=O)NC(CO)C(O)C(O)CCCCCCCCCCCCCCCCCC. The topological polar surface area (TPSA) is 89.8 Å². The molecule has 0 radical (unpaired) electrons. The van der Waals surface area contributed by atoms with Crippen LogP contribution in [0.5, 0.6) is 0 Å². The van der Waals surface area contributed by atoms with Crippen LogP contribution in [-0.2, 0) is 4.79 Å². The van der Waals surface area contributed by atoms with Crippen LogP contribution < -0.4 is 5.32 Å². The summed E-state index contributed by atoms with van der Waals surface area (Å²) in [6.07, 6.45) is 41.6. The summed E-state index contributed by atoms with van der Waals surface area (Å²) in [6, 6.07) is -0.809. The maximum Gasteiger partial charge on any atom is 0.220 e. The van der Waals surface area contributed by atoms with Gasteiger partial charge in [0.2, 0.25) is 5.91 Å². The molecule has 0 aliphatic heterocycles. The van der Waals surface area contributed by atoms with Crippen LogP contribution in [0, 0.1) is 0 Å². The minimum atomic E-state index is -1.14. The molecule has 5 nitrogen and oxygen atoms in total. The Hall–Kier alpha value is -0.910. The lowest BCUT2D eigenvalue weighted by atomic mass is 9.99. The third-order valence-corrected chi connectivity index (χ3v) is 9.62. The number of carbonyl (C=O) groups is 1. The second kappa shape index (κ2) is 36.9. The average molecular weight is 652 g/mol. The van der Waals surface area contributed by atoms with Gasteiger partial charge in [0, 0.05) is 6.42 Å². The molecule has 3 unspecified atom stereocenters. The monoisotopic (exact) mass is 652 g/mol. The molecule has 0 aromatic rings. The maximum atomic E-state index is 12.4. The summed E-state index contributed by atoms with van der Waals surface area (Å²) >= 11 is 0. The Morgan fingerprint density at radius 2 is 0.870 bits per heavy atom. The number of nitrogens with one attached hydrogen (secondary N) is 1. The fourth-order valence-electron chi connectivity index (χ4n) is 6.39. The number of carbonyl (C=O) groups excluding carboxylic acids is 1. The summed E-state index contributed by atoms with van der Waals surface area (Å²) in [6.45, 7) is 4.17. The van der Waals surface area contributed by atoms with Crippen LogP contribution in [0.1, 0.15) is 219 Å². The van der Waals surface area contributed by atoms with Crippen molar-refractivity contribution >= 4 is 5.91 Å². The van der Waals surface area contributed by atoms with E-state index in [1.54, 1.807) is 0 Å². The maximum absolute atomic E-state index is 12.4. The fraction of sp³-hybridized carbons (Fsp3) is 0.927. The summed E-state index contributed by atoms with van der Waals surface area (Å²) in [5.74, 6) is -0.152. The van der Waals surface area contributed by atoms with E-state index in [4.69, 9.17) is 0 Å². The van der Waals surface area contributed by atoms with E-state index in [9.17, 15) is 20.1 Å². The van der Waals surface area contributed by atoms with Crippen molar-refractivity contribution in [2.75, 3.05) is 6.61 Å². The molecule has 0 saturated carbocycles. The van der Waals surface area contributed by atoms with Crippen molar-refractivity contribution in [2.24, 2.45) is 0 Å². The van der Waals surface area contributed by atoms with E-state index < -0.39 is 18.2 Å². The molecule has 0 saturated heterocycles. The van der Waals surface area contributed by atoms with Crippen molar-refractivity contribution < 1.29 is 20.1 Å². The Kier molecular flexibility index (Phi) is 36.2. The highest BCUT2D eigenvalue weighted by Crippen LogP contribution is 2.16. The first-order chi connectivity index (χ1) is 22.6. The molecule has 0 aliphatic carbocycles. The van der Waals surface area contributed by atoms with Gasteiger partial charge in [-0.25, -0.2) is 0 Å². The van der Waals surface area contributed by atoms with Crippen LogP contribution in [-0.4, -0.2) is 46.1 Å². The summed E-state index contributed by atoms with van der Waals surface area (Å²) in [5, 5.41) is 33.5. The fourth-order valence-corrected chi connectivity index (χ4v) is 6.39. The number of aliphatic hydroxyl groups is 3. The summed E-state index contributed by atoms with van der Waals surface area (Å²) in [5.41, 5.74) is 0. The van der Waals surface area contributed by atoms with Gasteiger partial charge in [-0.2, -0.15) is 0 Å². The van der Waals surface area contributed by atoms with Gasteiger partial charge in [0.05, 0.1) is 18.8 Å². The normalized spacial score (nSPS) is 13.8. The van der Waals surface area contributed by atoms with Gasteiger partial charge in [0.1, 0.15) is 6.10 Å². The van der Waals surface area contributed by atoms with Crippen LogP contribution in [0.15, 0.2) is 12.2 Å². The first kappa shape index (κ1) is 45.1. The van der Waals surface area contributed by atoms with E-state index in [2.05, 4.69) is 31.3 Å². The van der Waals surface area contributed by atoms with Crippen molar-refractivity contribution in [3.8, 4) is 0 Å². The minimum Gasteiger partial charge on any atom is -0.394 e. The van der Waals surface area contributed by atoms with Gasteiger partial charge in [-0.05, 0) is 38.5 Å². The molecule has 3 atom stereocenters. The van der Waals surface area contributed by atoms with Crippen LogP contribution in [0.4, 0.5) is 0 Å². The molecule has 0 rings (SSSR count). The molecule has 0 aromatic heterocycles. The van der Waals surface area contributed by atoms with Crippen LogP contribution >= 0.6 is 0 Å². The predicted molar refractivity (Wildman–Crippen MR) is 199 cm³/mol.